The summed E-state index contributed by atoms with van der Waals surface area (Å²) in [7, 11) is 1.67. The van der Waals surface area contributed by atoms with Crippen molar-refractivity contribution in [1.82, 2.24) is 0 Å². The summed E-state index contributed by atoms with van der Waals surface area (Å²) in [6, 6.07) is 2.36. The molecule has 0 spiro atoms. The summed E-state index contributed by atoms with van der Waals surface area (Å²) in [4.78, 5) is 1.59. The molecule has 17 heavy (non-hydrogen) atoms. The van der Waals surface area contributed by atoms with Crippen LogP contribution in [0.2, 0.25) is 0 Å². The molecule has 2 nitrogen and oxygen atoms in total. The van der Waals surface area contributed by atoms with E-state index in [1.165, 1.54) is 12.1 Å². The van der Waals surface area contributed by atoms with Gasteiger partial charge in [-0.1, -0.05) is 13.8 Å². The Labute approximate surface area is 101 Å². The van der Waals surface area contributed by atoms with Crippen LogP contribution in [0.25, 0.3) is 0 Å². The third kappa shape index (κ3) is 2.94. The largest absolute Gasteiger partial charge is 0.392 e. The summed E-state index contributed by atoms with van der Waals surface area (Å²) in [5, 5.41) is 8.87. The van der Waals surface area contributed by atoms with Crippen LogP contribution in [-0.2, 0) is 6.61 Å². The van der Waals surface area contributed by atoms with E-state index in [4.69, 9.17) is 5.11 Å². The lowest BCUT2D eigenvalue weighted by Gasteiger charge is -2.30. The molecule has 1 aromatic carbocycles. The number of hydrogen-bond donors (Lipinski definition) is 1. The highest BCUT2D eigenvalue weighted by atomic mass is 19.1. The van der Waals surface area contributed by atoms with Crippen molar-refractivity contribution in [2.45, 2.75) is 33.4 Å². The van der Waals surface area contributed by atoms with E-state index in [0.29, 0.717) is 0 Å². The highest BCUT2D eigenvalue weighted by Gasteiger charge is 2.21. The monoisotopic (exact) mass is 243 g/mol. The Kier molecular flexibility index (Phi) is 4.46. The first kappa shape index (κ1) is 13.9. The first-order chi connectivity index (χ1) is 7.88. The highest BCUT2D eigenvalue weighted by Crippen LogP contribution is 2.27. The zero-order valence-electron chi connectivity index (χ0n) is 10.7. The van der Waals surface area contributed by atoms with Crippen LogP contribution < -0.4 is 4.90 Å². The van der Waals surface area contributed by atoms with Crippen LogP contribution in [0.4, 0.5) is 14.5 Å². The number of halogens is 2. The molecule has 0 aliphatic rings. The molecule has 0 amide bonds. The molecule has 0 saturated heterocycles. The summed E-state index contributed by atoms with van der Waals surface area (Å²) in [6.07, 6.45) is 0. The Morgan fingerprint density at radius 2 is 1.65 bits per heavy atom. The lowest BCUT2D eigenvalue weighted by atomic mass is 10.0. The van der Waals surface area contributed by atoms with Gasteiger partial charge < -0.3 is 10.0 Å². The maximum atomic E-state index is 13.8. The summed E-state index contributed by atoms with van der Waals surface area (Å²) in [6.45, 7) is 5.55. The van der Waals surface area contributed by atoms with Crippen LogP contribution >= 0.6 is 0 Å². The average Bonchev–Trinajstić information content (AvgIpc) is 2.26. The van der Waals surface area contributed by atoms with Crippen molar-refractivity contribution in [2.24, 2.45) is 5.92 Å². The number of nitrogens with zero attached hydrogens (tertiary/aromatic N) is 1. The van der Waals surface area contributed by atoms with Gasteiger partial charge in [0, 0.05) is 13.1 Å². The predicted octanol–water partition coefficient (Wildman–Crippen LogP) is 2.94. The lowest BCUT2D eigenvalue weighted by molar-refractivity contribution is 0.280. The van der Waals surface area contributed by atoms with E-state index in [1.807, 2.05) is 20.8 Å². The smallest absolute Gasteiger partial charge is 0.149 e. The first-order valence-corrected chi connectivity index (χ1v) is 5.70. The number of aliphatic hydroxyl groups is 1. The summed E-state index contributed by atoms with van der Waals surface area (Å²) >= 11 is 0. The first-order valence-electron chi connectivity index (χ1n) is 5.70. The van der Waals surface area contributed by atoms with Gasteiger partial charge in [0.25, 0.3) is 0 Å². The van der Waals surface area contributed by atoms with Gasteiger partial charge in [-0.05, 0) is 30.5 Å². The molecule has 0 heterocycles. The molecule has 0 bridgehead atoms. The fourth-order valence-corrected chi connectivity index (χ4v) is 1.70. The number of anilines is 1. The van der Waals surface area contributed by atoms with Crippen molar-refractivity contribution in [2.75, 3.05) is 11.9 Å². The minimum Gasteiger partial charge on any atom is -0.392 e. The molecule has 1 unspecified atom stereocenters. The zero-order chi connectivity index (χ0) is 13.2. The molecule has 0 aliphatic heterocycles. The SMILES string of the molecule is CC(C)C(C)N(C)c1c(F)cc(CO)cc1F. The van der Waals surface area contributed by atoms with Gasteiger partial charge in [0.05, 0.1) is 6.61 Å². The number of benzene rings is 1. The molecule has 0 aromatic heterocycles. The standard InChI is InChI=1S/C13H19F2NO/c1-8(2)9(3)16(4)13-11(14)5-10(7-17)6-12(13)15/h5-6,8-9,17H,7H2,1-4H3. The fourth-order valence-electron chi connectivity index (χ4n) is 1.70. The average molecular weight is 243 g/mol. The van der Waals surface area contributed by atoms with Gasteiger partial charge in [-0.3, -0.25) is 0 Å². The Morgan fingerprint density at radius 3 is 2.00 bits per heavy atom. The predicted molar refractivity (Wildman–Crippen MR) is 65.0 cm³/mol. The summed E-state index contributed by atoms with van der Waals surface area (Å²) < 4.78 is 27.6. The fraction of sp³-hybridized carbons (Fsp3) is 0.538. The number of aliphatic hydroxyl groups excluding tert-OH is 1. The second-order valence-electron chi connectivity index (χ2n) is 4.66. The van der Waals surface area contributed by atoms with Crippen LogP contribution in [-0.4, -0.2) is 18.2 Å². The Hall–Kier alpha value is -1.16. The second-order valence-corrected chi connectivity index (χ2v) is 4.66. The summed E-state index contributed by atoms with van der Waals surface area (Å²) in [5.41, 5.74) is 0.206. The van der Waals surface area contributed by atoms with E-state index >= 15 is 0 Å². The molecule has 0 fully saturated rings. The van der Waals surface area contributed by atoms with E-state index in [0.717, 1.165) is 0 Å². The Morgan fingerprint density at radius 1 is 1.18 bits per heavy atom. The van der Waals surface area contributed by atoms with Crippen molar-refractivity contribution in [1.29, 1.82) is 0 Å². The van der Waals surface area contributed by atoms with Crippen molar-refractivity contribution in [3.8, 4) is 0 Å². The maximum Gasteiger partial charge on any atom is 0.149 e. The minimum atomic E-state index is -0.635. The van der Waals surface area contributed by atoms with Gasteiger partial charge in [-0.2, -0.15) is 0 Å². The third-order valence-corrected chi connectivity index (χ3v) is 3.19. The Bertz CT molecular complexity index is 370. The van der Waals surface area contributed by atoms with Crippen LogP contribution in [0.3, 0.4) is 0 Å². The lowest BCUT2D eigenvalue weighted by Crippen LogP contribution is -2.34. The second kappa shape index (κ2) is 5.45. The van der Waals surface area contributed by atoms with Crippen molar-refractivity contribution < 1.29 is 13.9 Å². The van der Waals surface area contributed by atoms with Crippen LogP contribution in [0.1, 0.15) is 26.3 Å². The molecule has 4 heteroatoms. The third-order valence-electron chi connectivity index (χ3n) is 3.19. The number of hydrogen-bond acceptors (Lipinski definition) is 2. The normalized spacial score (nSPS) is 12.9. The zero-order valence-corrected chi connectivity index (χ0v) is 10.7. The van der Waals surface area contributed by atoms with Crippen molar-refractivity contribution >= 4 is 5.69 Å². The molecule has 0 radical (unpaired) electrons. The quantitative estimate of drug-likeness (QED) is 0.879. The van der Waals surface area contributed by atoms with E-state index in [9.17, 15) is 8.78 Å². The molecule has 1 aromatic rings. The van der Waals surface area contributed by atoms with Crippen molar-refractivity contribution in [3.63, 3.8) is 0 Å². The van der Waals surface area contributed by atoms with Crippen LogP contribution in [0.15, 0.2) is 12.1 Å². The van der Waals surface area contributed by atoms with E-state index in [-0.39, 0.29) is 29.8 Å². The molecule has 0 aliphatic carbocycles. The van der Waals surface area contributed by atoms with Crippen LogP contribution in [0.5, 0.6) is 0 Å². The molecular formula is C13H19F2NO. The molecule has 0 saturated carbocycles. The van der Waals surface area contributed by atoms with Crippen LogP contribution in [0, 0.1) is 17.6 Å². The van der Waals surface area contributed by atoms with E-state index in [2.05, 4.69) is 0 Å². The number of rotatable bonds is 4. The molecule has 1 N–H and O–H groups in total. The summed E-state index contributed by atoms with van der Waals surface area (Å²) in [5.74, 6) is -0.982. The van der Waals surface area contributed by atoms with Gasteiger partial charge >= 0.3 is 0 Å². The van der Waals surface area contributed by atoms with Gasteiger partial charge in [-0.15, -0.1) is 0 Å². The van der Waals surface area contributed by atoms with E-state index < -0.39 is 11.6 Å². The minimum absolute atomic E-state index is 0.0268. The topological polar surface area (TPSA) is 23.5 Å². The van der Waals surface area contributed by atoms with Gasteiger partial charge in [-0.25, -0.2) is 8.78 Å². The van der Waals surface area contributed by atoms with E-state index in [1.54, 1.807) is 11.9 Å². The maximum absolute atomic E-state index is 13.8. The molecule has 96 valence electrons. The Balaban J connectivity index is 3.14. The van der Waals surface area contributed by atoms with Gasteiger partial charge in [0.2, 0.25) is 0 Å². The molecule has 1 atom stereocenters. The van der Waals surface area contributed by atoms with Gasteiger partial charge in [0.15, 0.2) is 0 Å². The van der Waals surface area contributed by atoms with Crippen molar-refractivity contribution in [3.05, 3.63) is 29.3 Å². The molecule has 1 rings (SSSR count). The van der Waals surface area contributed by atoms with Gasteiger partial charge in [0.1, 0.15) is 17.3 Å². The highest BCUT2D eigenvalue weighted by molar-refractivity contribution is 5.50. The molecular weight excluding hydrogens is 224 g/mol.